The average molecular weight is 567 g/mol. The lowest BCUT2D eigenvalue weighted by Crippen LogP contribution is -2.30. The van der Waals surface area contributed by atoms with Crippen molar-refractivity contribution in [1.29, 1.82) is 0 Å². The summed E-state index contributed by atoms with van der Waals surface area (Å²) in [5.74, 6) is 1.52. The summed E-state index contributed by atoms with van der Waals surface area (Å²) in [4.78, 5) is 8.79. The number of nitrogens with zero attached hydrogens (tertiary/aromatic N) is 2. The highest BCUT2D eigenvalue weighted by atomic mass is 16.5. The number of aliphatic imine (C=N–C) groups is 2. The third-order valence-corrected chi connectivity index (χ3v) is 6.28. The van der Waals surface area contributed by atoms with Crippen molar-refractivity contribution in [3.63, 3.8) is 0 Å². The normalized spacial score (nSPS) is 11.3. The molecule has 42 heavy (non-hydrogen) atoms. The number of phenols is 2. The van der Waals surface area contributed by atoms with Crippen LogP contribution in [0, 0.1) is 0 Å². The number of hydrogen-bond acceptors (Lipinski definition) is 8. The minimum Gasteiger partial charge on any atom is -0.507 e. The van der Waals surface area contributed by atoms with E-state index in [9.17, 15) is 10.2 Å². The standard InChI is InChI=1S/C34H38N4O4/c39-33-21-31(41-25-27-7-3-1-4-8-27)13-11-29(33)23-37-19-17-35-15-16-36-18-20-38-24-30-12-14-32(22-34(30)40)42-26-28-9-5-2-6-10-28/h1-14,21-24,35-36,39-40H,15-20,25-26H2. The van der Waals surface area contributed by atoms with Crippen LogP contribution in [0.3, 0.4) is 0 Å². The van der Waals surface area contributed by atoms with Crippen LogP contribution in [-0.4, -0.2) is 61.9 Å². The van der Waals surface area contributed by atoms with E-state index < -0.39 is 0 Å². The highest BCUT2D eigenvalue weighted by molar-refractivity contribution is 5.84. The lowest BCUT2D eigenvalue weighted by Gasteiger charge is -2.08. The Bertz CT molecular complexity index is 1300. The van der Waals surface area contributed by atoms with Crippen molar-refractivity contribution < 1.29 is 19.7 Å². The number of rotatable bonds is 17. The van der Waals surface area contributed by atoms with Crippen molar-refractivity contribution in [2.75, 3.05) is 39.3 Å². The fraction of sp³-hybridized carbons (Fsp3) is 0.235. The molecule has 0 aliphatic carbocycles. The molecule has 0 saturated heterocycles. The van der Waals surface area contributed by atoms with Gasteiger partial charge in [0.15, 0.2) is 0 Å². The maximum atomic E-state index is 10.3. The van der Waals surface area contributed by atoms with E-state index >= 15 is 0 Å². The highest BCUT2D eigenvalue weighted by Crippen LogP contribution is 2.24. The zero-order chi connectivity index (χ0) is 29.2. The summed E-state index contributed by atoms with van der Waals surface area (Å²) in [7, 11) is 0. The largest absolute Gasteiger partial charge is 0.507 e. The molecule has 0 atom stereocenters. The summed E-state index contributed by atoms with van der Waals surface area (Å²) >= 11 is 0. The summed E-state index contributed by atoms with van der Waals surface area (Å²) in [5.41, 5.74) is 3.46. The molecule has 0 amide bonds. The molecule has 0 saturated carbocycles. The van der Waals surface area contributed by atoms with Crippen LogP contribution in [0.1, 0.15) is 22.3 Å². The van der Waals surface area contributed by atoms with Crippen molar-refractivity contribution in [3.05, 3.63) is 119 Å². The maximum absolute atomic E-state index is 10.3. The molecule has 0 unspecified atom stereocenters. The molecule has 0 bridgehead atoms. The molecule has 8 heteroatoms. The SMILES string of the molecule is Oc1cc(OCc2ccccc2)ccc1C=NCCNCCNCCN=Cc1ccc(OCc2ccccc2)cc1O. The number of phenolic OH excluding ortho intramolecular Hbond substituents is 2. The second-order valence-electron chi connectivity index (χ2n) is 9.56. The summed E-state index contributed by atoms with van der Waals surface area (Å²) in [6.07, 6.45) is 3.36. The Morgan fingerprint density at radius 1 is 0.548 bits per heavy atom. The number of aromatic hydroxyl groups is 2. The van der Waals surface area contributed by atoms with E-state index in [4.69, 9.17) is 9.47 Å². The molecule has 4 aromatic carbocycles. The molecule has 4 N–H and O–H groups in total. The van der Waals surface area contributed by atoms with Crippen molar-refractivity contribution >= 4 is 12.4 Å². The molecule has 0 spiro atoms. The molecule has 0 aliphatic heterocycles. The molecular formula is C34H38N4O4. The zero-order valence-electron chi connectivity index (χ0n) is 23.7. The van der Waals surface area contributed by atoms with Gasteiger partial charge in [-0.2, -0.15) is 0 Å². The number of nitrogens with one attached hydrogen (secondary N) is 2. The lowest BCUT2D eigenvalue weighted by atomic mass is 10.2. The molecular weight excluding hydrogens is 528 g/mol. The maximum Gasteiger partial charge on any atom is 0.128 e. The van der Waals surface area contributed by atoms with Crippen molar-refractivity contribution in [2.24, 2.45) is 9.98 Å². The summed E-state index contributed by atoms with van der Waals surface area (Å²) in [5, 5.41) is 27.2. The topological polar surface area (TPSA) is 108 Å². The molecule has 0 radical (unpaired) electrons. The second-order valence-corrected chi connectivity index (χ2v) is 9.56. The molecule has 4 aromatic rings. The molecule has 0 aromatic heterocycles. The fourth-order valence-electron chi connectivity index (χ4n) is 3.97. The Morgan fingerprint density at radius 3 is 1.38 bits per heavy atom. The Balaban J connectivity index is 1.03. The number of ether oxygens (including phenoxy) is 2. The minimum atomic E-state index is 0.143. The Morgan fingerprint density at radius 2 is 0.976 bits per heavy atom. The van der Waals surface area contributed by atoms with Gasteiger partial charge in [-0.25, -0.2) is 0 Å². The van der Waals surface area contributed by atoms with E-state index in [-0.39, 0.29) is 11.5 Å². The molecule has 0 fully saturated rings. The summed E-state index contributed by atoms with van der Waals surface area (Å²) in [6, 6.07) is 30.3. The summed E-state index contributed by atoms with van der Waals surface area (Å²) in [6.45, 7) is 5.20. The first kappa shape index (κ1) is 30.3. The van der Waals surface area contributed by atoms with Gasteiger partial charge in [-0.1, -0.05) is 60.7 Å². The van der Waals surface area contributed by atoms with Gasteiger partial charge in [0.1, 0.15) is 36.2 Å². The Kier molecular flexibility index (Phi) is 12.4. The lowest BCUT2D eigenvalue weighted by molar-refractivity contribution is 0.304. The van der Waals surface area contributed by atoms with Crippen LogP contribution < -0.4 is 20.1 Å². The van der Waals surface area contributed by atoms with E-state index in [1.165, 1.54) is 0 Å². The van der Waals surface area contributed by atoms with Crippen LogP contribution >= 0.6 is 0 Å². The smallest absolute Gasteiger partial charge is 0.128 e. The quantitative estimate of drug-likeness (QED) is 0.106. The van der Waals surface area contributed by atoms with Gasteiger partial charge in [-0.15, -0.1) is 0 Å². The average Bonchev–Trinajstić information content (AvgIpc) is 3.02. The van der Waals surface area contributed by atoms with Crippen LogP contribution in [-0.2, 0) is 13.2 Å². The van der Waals surface area contributed by atoms with Crippen molar-refractivity contribution in [1.82, 2.24) is 10.6 Å². The van der Waals surface area contributed by atoms with Gasteiger partial charge in [-0.05, 0) is 35.4 Å². The highest BCUT2D eigenvalue weighted by Gasteiger charge is 2.03. The Labute approximate surface area is 247 Å². The van der Waals surface area contributed by atoms with Crippen LogP contribution in [0.5, 0.6) is 23.0 Å². The van der Waals surface area contributed by atoms with Crippen molar-refractivity contribution in [2.45, 2.75) is 13.2 Å². The van der Waals surface area contributed by atoms with Gasteiger partial charge >= 0.3 is 0 Å². The van der Waals surface area contributed by atoms with Gasteiger partial charge in [-0.3, -0.25) is 9.98 Å². The van der Waals surface area contributed by atoms with Gasteiger partial charge in [0.2, 0.25) is 0 Å². The van der Waals surface area contributed by atoms with Gasteiger partial charge in [0.05, 0.1) is 13.1 Å². The van der Waals surface area contributed by atoms with Gasteiger partial charge in [0.25, 0.3) is 0 Å². The van der Waals surface area contributed by atoms with Gasteiger partial charge < -0.3 is 30.3 Å². The predicted octanol–water partition coefficient (Wildman–Crippen LogP) is 4.97. The zero-order valence-corrected chi connectivity index (χ0v) is 23.7. The van der Waals surface area contributed by atoms with Crippen LogP contribution in [0.4, 0.5) is 0 Å². The number of hydrogen-bond donors (Lipinski definition) is 4. The minimum absolute atomic E-state index is 0.143. The molecule has 218 valence electrons. The first-order valence-electron chi connectivity index (χ1n) is 14.1. The van der Waals surface area contributed by atoms with E-state index in [1.54, 1.807) is 36.7 Å². The van der Waals surface area contributed by atoms with E-state index in [0.717, 1.165) is 37.3 Å². The molecule has 0 aliphatic rings. The van der Waals surface area contributed by atoms with Crippen LogP contribution in [0.25, 0.3) is 0 Å². The third-order valence-electron chi connectivity index (χ3n) is 6.28. The second kappa shape index (κ2) is 17.2. The van der Waals surface area contributed by atoms with E-state index in [2.05, 4.69) is 20.6 Å². The first-order chi connectivity index (χ1) is 20.7. The monoisotopic (exact) mass is 566 g/mol. The number of benzene rings is 4. The van der Waals surface area contributed by atoms with Gasteiger partial charge in [0, 0.05) is 61.9 Å². The molecule has 8 nitrogen and oxygen atoms in total. The fourth-order valence-corrected chi connectivity index (χ4v) is 3.97. The Hall–Kier alpha value is -4.66. The van der Waals surface area contributed by atoms with Crippen LogP contribution in [0.2, 0.25) is 0 Å². The van der Waals surface area contributed by atoms with E-state index in [0.29, 0.717) is 48.9 Å². The summed E-state index contributed by atoms with van der Waals surface area (Å²) < 4.78 is 11.5. The first-order valence-corrected chi connectivity index (χ1v) is 14.1. The third kappa shape index (κ3) is 10.7. The van der Waals surface area contributed by atoms with Crippen LogP contribution in [0.15, 0.2) is 107 Å². The van der Waals surface area contributed by atoms with Crippen molar-refractivity contribution in [3.8, 4) is 23.0 Å². The van der Waals surface area contributed by atoms with E-state index in [1.807, 2.05) is 72.8 Å². The molecule has 0 heterocycles. The molecule has 4 rings (SSSR count). The predicted molar refractivity (Wildman–Crippen MR) is 168 cm³/mol.